The van der Waals surface area contributed by atoms with Crippen molar-refractivity contribution in [3.8, 4) is 0 Å². The van der Waals surface area contributed by atoms with Crippen LogP contribution < -0.4 is 0 Å². The molecule has 0 saturated heterocycles. The van der Waals surface area contributed by atoms with Gasteiger partial charge in [-0.2, -0.15) is 0 Å². The number of unbranched alkanes of at least 4 members (excludes halogenated alkanes) is 48. The van der Waals surface area contributed by atoms with Crippen LogP contribution in [0.15, 0.2) is 0 Å². The minimum atomic E-state index is -4.97. The minimum absolute atomic E-state index is 0.107. The third kappa shape index (κ3) is 78.2. The highest BCUT2D eigenvalue weighted by molar-refractivity contribution is 7.47. The van der Waals surface area contributed by atoms with Crippen molar-refractivity contribution in [3.05, 3.63) is 0 Å². The molecule has 618 valence electrons. The highest BCUT2D eigenvalue weighted by atomic mass is 31.2. The van der Waals surface area contributed by atoms with Crippen molar-refractivity contribution >= 4 is 39.5 Å². The zero-order chi connectivity index (χ0) is 76.7. The van der Waals surface area contributed by atoms with Gasteiger partial charge >= 0.3 is 39.5 Å². The molecule has 5 atom stereocenters. The average molecular weight is 1520 g/mol. The summed E-state index contributed by atoms with van der Waals surface area (Å²) in [7, 11) is -9.93. The van der Waals surface area contributed by atoms with E-state index in [-0.39, 0.29) is 25.7 Å². The van der Waals surface area contributed by atoms with Crippen LogP contribution in [0.3, 0.4) is 0 Å². The smallest absolute Gasteiger partial charge is 0.462 e. The largest absolute Gasteiger partial charge is 0.472 e. The van der Waals surface area contributed by atoms with E-state index in [0.29, 0.717) is 31.6 Å². The number of aliphatic hydroxyl groups excluding tert-OH is 1. The number of carbonyl (C=O) groups excluding carboxylic acids is 4. The molecule has 0 aliphatic carbocycles. The number of esters is 4. The second-order valence-corrected chi connectivity index (χ2v) is 35.4. The van der Waals surface area contributed by atoms with Crippen LogP contribution >= 0.6 is 15.6 Å². The minimum Gasteiger partial charge on any atom is -0.462 e. The van der Waals surface area contributed by atoms with E-state index in [0.717, 1.165) is 114 Å². The van der Waals surface area contributed by atoms with Crippen LogP contribution in [0, 0.1) is 23.7 Å². The van der Waals surface area contributed by atoms with Crippen LogP contribution in [0.5, 0.6) is 0 Å². The third-order valence-electron chi connectivity index (χ3n) is 19.8. The summed E-state index contributed by atoms with van der Waals surface area (Å²) in [6.45, 7) is 14.3. The van der Waals surface area contributed by atoms with Gasteiger partial charge in [-0.05, 0) is 49.4 Å². The SMILES string of the molecule is CC(C)CCCCCCCCCCCCCCCCCC(=O)OC[C@H](COP(=O)(O)OCC(O)COP(=O)(O)OC[C@@H](COC(=O)CCCCCCCCCC(C)C)OC(=O)CCCCCCCCCCCCCCCCCC(C)C)OC(=O)CCCCCCCCCCCCCCCCCC(C)C. The fourth-order valence-corrected chi connectivity index (χ4v) is 14.7. The number of hydrogen-bond donors (Lipinski definition) is 3. The molecule has 0 amide bonds. The average Bonchev–Trinajstić information content (AvgIpc) is 0.902. The Bertz CT molecular complexity index is 2020. The summed E-state index contributed by atoms with van der Waals surface area (Å²) in [5.74, 6) is 1.01. The van der Waals surface area contributed by atoms with Crippen LogP contribution in [0.1, 0.15) is 441 Å². The summed E-state index contributed by atoms with van der Waals surface area (Å²) < 4.78 is 68.9. The topological polar surface area (TPSA) is 237 Å². The fraction of sp³-hybridized carbons (Fsp3) is 0.953. The van der Waals surface area contributed by atoms with Gasteiger partial charge in [-0.3, -0.25) is 37.3 Å². The first-order chi connectivity index (χ1) is 50.1. The summed E-state index contributed by atoms with van der Waals surface area (Å²) in [6.07, 6.45) is 62.5. The Morgan fingerprint density at radius 1 is 0.240 bits per heavy atom. The molecule has 0 aromatic rings. The molecule has 104 heavy (non-hydrogen) atoms. The number of hydrogen-bond acceptors (Lipinski definition) is 15. The maximum atomic E-state index is 13.1. The standard InChI is InChI=1S/C85H166O17P2/c1-75(2)61-53-45-37-30-24-18-12-9-15-21-27-33-41-49-57-65-82(87)95-71-80(101-84(89)67-59-51-42-34-28-22-16-10-13-19-25-31-38-46-54-62-76(3)4)73-99-103(91,92)97-69-79(86)70-98-104(93,94)100-74-81(72-96-83(88)66-58-50-44-36-40-48-56-64-78(7)8)102-85(90)68-60-52-43-35-29-23-17-11-14-20-26-32-39-47-55-63-77(5)6/h75-81,86H,9-74H2,1-8H3,(H,91,92)(H,93,94)/t79?,80-,81-/m1/s1. The highest BCUT2D eigenvalue weighted by Crippen LogP contribution is 2.45. The lowest BCUT2D eigenvalue weighted by Crippen LogP contribution is -2.30. The molecular weight excluding hydrogens is 1350 g/mol. The summed E-state index contributed by atoms with van der Waals surface area (Å²) >= 11 is 0. The summed E-state index contributed by atoms with van der Waals surface area (Å²) in [4.78, 5) is 73.2. The lowest BCUT2D eigenvalue weighted by Gasteiger charge is -2.21. The Balaban J connectivity index is 5.24. The highest BCUT2D eigenvalue weighted by Gasteiger charge is 2.30. The zero-order valence-corrected chi connectivity index (χ0v) is 70.5. The third-order valence-corrected chi connectivity index (χ3v) is 21.7. The molecule has 0 aliphatic rings. The van der Waals surface area contributed by atoms with Gasteiger partial charge in [-0.25, -0.2) is 9.13 Å². The Kier molecular flexibility index (Phi) is 72.5. The molecule has 0 spiro atoms. The quantitative estimate of drug-likeness (QED) is 0.0222. The van der Waals surface area contributed by atoms with E-state index in [1.54, 1.807) is 0 Å². The summed E-state index contributed by atoms with van der Waals surface area (Å²) in [5.41, 5.74) is 0. The predicted molar refractivity (Wildman–Crippen MR) is 428 cm³/mol. The first kappa shape index (κ1) is 102. The Morgan fingerprint density at radius 2 is 0.404 bits per heavy atom. The van der Waals surface area contributed by atoms with Crippen molar-refractivity contribution in [2.75, 3.05) is 39.6 Å². The second-order valence-electron chi connectivity index (χ2n) is 32.5. The van der Waals surface area contributed by atoms with Gasteiger partial charge in [0, 0.05) is 25.7 Å². The maximum Gasteiger partial charge on any atom is 0.472 e. The van der Waals surface area contributed by atoms with Crippen molar-refractivity contribution in [2.45, 2.75) is 459 Å². The van der Waals surface area contributed by atoms with Crippen molar-refractivity contribution < 1.29 is 80.2 Å². The molecule has 0 aliphatic heterocycles. The summed E-state index contributed by atoms with van der Waals surface area (Å²) in [6, 6.07) is 0. The molecular formula is C85H166O17P2. The van der Waals surface area contributed by atoms with E-state index in [2.05, 4.69) is 55.4 Å². The molecule has 0 heterocycles. The monoisotopic (exact) mass is 1520 g/mol. The van der Waals surface area contributed by atoms with E-state index >= 15 is 0 Å². The molecule has 0 saturated carbocycles. The number of phosphoric ester groups is 2. The van der Waals surface area contributed by atoms with Gasteiger partial charge in [0.15, 0.2) is 12.2 Å². The van der Waals surface area contributed by atoms with Gasteiger partial charge in [0.25, 0.3) is 0 Å². The van der Waals surface area contributed by atoms with E-state index < -0.39 is 97.5 Å². The fourth-order valence-electron chi connectivity index (χ4n) is 13.1. The van der Waals surface area contributed by atoms with Gasteiger partial charge in [0.2, 0.25) is 0 Å². The normalized spacial score (nSPS) is 14.0. The van der Waals surface area contributed by atoms with Crippen molar-refractivity contribution in [1.29, 1.82) is 0 Å². The molecule has 0 rings (SSSR count). The number of rotatable bonds is 82. The van der Waals surface area contributed by atoms with E-state index in [1.807, 2.05) is 0 Å². The molecule has 0 radical (unpaired) electrons. The molecule has 0 fully saturated rings. The van der Waals surface area contributed by atoms with E-state index in [9.17, 15) is 43.2 Å². The predicted octanol–water partition coefficient (Wildman–Crippen LogP) is 25.6. The van der Waals surface area contributed by atoms with Gasteiger partial charge in [-0.1, -0.05) is 389 Å². The summed E-state index contributed by atoms with van der Waals surface area (Å²) in [5, 5.41) is 10.7. The lowest BCUT2D eigenvalue weighted by atomic mass is 10.0. The molecule has 0 aromatic heterocycles. The Labute approximate surface area is 638 Å². The van der Waals surface area contributed by atoms with Crippen LogP contribution in [-0.2, 0) is 65.4 Å². The lowest BCUT2D eigenvalue weighted by molar-refractivity contribution is -0.161. The van der Waals surface area contributed by atoms with Crippen LogP contribution in [-0.4, -0.2) is 96.7 Å². The molecule has 19 heteroatoms. The van der Waals surface area contributed by atoms with Crippen LogP contribution in [0.25, 0.3) is 0 Å². The van der Waals surface area contributed by atoms with Gasteiger partial charge in [0.05, 0.1) is 26.4 Å². The molecule has 3 unspecified atom stereocenters. The number of ether oxygens (including phenoxy) is 4. The van der Waals surface area contributed by atoms with E-state index in [4.69, 9.17) is 37.0 Å². The Hall–Kier alpha value is -1.94. The molecule has 17 nitrogen and oxygen atoms in total. The molecule has 0 aromatic carbocycles. The first-order valence-corrected chi connectivity index (χ1v) is 46.7. The zero-order valence-electron chi connectivity index (χ0n) is 68.7. The van der Waals surface area contributed by atoms with Crippen molar-refractivity contribution in [1.82, 2.24) is 0 Å². The van der Waals surface area contributed by atoms with Crippen LogP contribution in [0.4, 0.5) is 0 Å². The number of aliphatic hydroxyl groups is 1. The second kappa shape index (κ2) is 73.8. The molecule has 0 bridgehead atoms. The number of carbonyl (C=O) groups is 4. The van der Waals surface area contributed by atoms with Crippen molar-refractivity contribution in [3.63, 3.8) is 0 Å². The van der Waals surface area contributed by atoms with Gasteiger partial charge in [-0.15, -0.1) is 0 Å². The van der Waals surface area contributed by atoms with E-state index in [1.165, 1.54) is 238 Å². The first-order valence-electron chi connectivity index (χ1n) is 43.7. The Morgan fingerprint density at radius 3 is 0.596 bits per heavy atom. The van der Waals surface area contributed by atoms with Crippen LogP contribution in [0.2, 0.25) is 0 Å². The molecule has 3 N–H and O–H groups in total. The van der Waals surface area contributed by atoms with Gasteiger partial charge < -0.3 is 33.8 Å². The number of phosphoric acid groups is 2. The maximum absolute atomic E-state index is 13.1. The van der Waals surface area contributed by atoms with Gasteiger partial charge in [0.1, 0.15) is 19.3 Å². The van der Waals surface area contributed by atoms with Crippen molar-refractivity contribution in [2.24, 2.45) is 23.7 Å².